The van der Waals surface area contributed by atoms with Gasteiger partial charge in [0.15, 0.2) is 5.78 Å². The van der Waals surface area contributed by atoms with Crippen LogP contribution in [-0.4, -0.2) is 45.3 Å². The summed E-state index contributed by atoms with van der Waals surface area (Å²) in [6.07, 6.45) is 0.870. The van der Waals surface area contributed by atoms with E-state index in [1.165, 1.54) is 5.56 Å². The predicted molar refractivity (Wildman–Crippen MR) is 130 cm³/mol. The van der Waals surface area contributed by atoms with E-state index in [4.69, 9.17) is 4.74 Å². The summed E-state index contributed by atoms with van der Waals surface area (Å²) in [6, 6.07) is 17.8. The van der Waals surface area contributed by atoms with Crippen LogP contribution < -0.4 is 10.1 Å². The second-order valence-electron chi connectivity index (χ2n) is 8.12. The topological polar surface area (TPSA) is 81.3 Å². The Morgan fingerprint density at radius 2 is 1.85 bits per heavy atom. The minimum absolute atomic E-state index is 0.00744. The molecule has 7 nitrogen and oxygen atoms in total. The van der Waals surface area contributed by atoms with Crippen LogP contribution in [0.15, 0.2) is 54.6 Å². The van der Waals surface area contributed by atoms with Crippen LogP contribution in [0, 0.1) is 13.8 Å². The van der Waals surface area contributed by atoms with E-state index < -0.39 is 0 Å². The monoisotopic (exact) mass is 446 g/mol. The van der Waals surface area contributed by atoms with Gasteiger partial charge in [-0.3, -0.25) is 4.79 Å². The molecule has 0 bridgehead atoms. The highest BCUT2D eigenvalue weighted by Gasteiger charge is 2.19. The van der Waals surface area contributed by atoms with E-state index in [0.29, 0.717) is 12.5 Å². The smallest absolute Gasteiger partial charge is 0.204 e. The first kappa shape index (κ1) is 22.6. The van der Waals surface area contributed by atoms with Crippen LogP contribution in [0.4, 0.5) is 5.95 Å². The van der Waals surface area contributed by atoms with E-state index in [1.807, 2.05) is 60.9 Å². The van der Waals surface area contributed by atoms with Gasteiger partial charge in [0, 0.05) is 30.0 Å². The fourth-order valence-electron chi connectivity index (χ4n) is 4.23. The number of para-hydroxylation sites is 2. The zero-order chi connectivity index (χ0) is 23.4. The van der Waals surface area contributed by atoms with Crippen LogP contribution in [0.3, 0.4) is 0 Å². The standard InChI is InChI=1S/C26H30N4O3/c1-18-16-22(19(2)29(18)14-12-20-8-10-21(33-3)11-9-20)25(32)17-30-24-7-5-4-6-23(24)28-26(30)27-13-15-31/h4-11,16,31H,12-15,17H2,1-3H3,(H,27,28). The molecule has 2 aromatic heterocycles. The molecule has 2 N–H and O–H groups in total. The molecule has 33 heavy (non-hydrogen) atoms. The number of ketones is 1. The van der Waals surface area contributed by atoms with Crippen LogP contribution >= 0.6 is 0 Å². The Morgan fingerprint density at radius 3 is 2.58 bits per heavy atom. The Bertz CT molecular complexity index is 1250. The molecule has 0 amide bonds. The number of nitrogens with one attached hydrogen (secondary N) is 1. The third kappa shape index (κ3) is 4.78. The predicted octanol–water partition coefficient (Wildman–Crippen LogP) is 3.99. The lowest BCUT2D eigenvalue weighted by Gasteiger charge is -2.12. The molecule has 0 aliphatic carbocycles. The molecule has 0 spiro atoms. The van der Waals surface area contributed by atoms with Gasteiger partial charge in [0.05, 0.1) is 31.3 Å². The quantitative estimate of drug-likeness (QED) is 0.360. The van der Waals surface area contributed by atoms with Crippen LogP contribution in [0.2, 0.25) is 0 Å². The number of hydrogen-bond acceptors (Lipinski definition) is 5. The number of carbonyl (C=O) groups excluding carboxylic acids is 1. The molecule has 7 heteroatoms. The Kier molecular flexibility index (Phi) is 6.79. The van der Waals surface area contributed by atoms with Gasteiger partial charge in [-0.2, -0.15) is 0 Å². The molecule has 0 radical (unpaired) electrons. The van der Waals surface area contributed by atoms with Gasteiger partial charge in [-0.05, 0) is 56.2 Å². The maximum Gasteiger partial charge on any atom is 0.204 e. The molecule has 0 saturated carbocycles. The van der Waals surface area contributed by atoms with Gasteiger partial charge < -0.3 is 24.3 Å². The Labute approximate surface area is 193 Å². The molecule has 172 valence electrons. The SMILES string of the molecule is COc1ccc(CCn2c(C)cc(C(=O)Cn3c(NCCO)nc4ccccc43)c2C)cc1. The van der Waals surface area contributed by atoms with Gasteiger partial charge in [0.1, 0.15) is 5.75 Å². The zero-order valence-electron chi connectivity index (χ0n) is 19.3. The summed E-state index contributed by atoms with van der Waals surface area (Å²) in [5.74, 6) is 1.47. The van der Waals surface area contributed by atoms with Gasteiger partial charge in [-0.1, -0.05) is 24.3 Å². The Hall–Kier alpha value is -3.58. The van der Waals surface area contributed by atoms with E-state index in [2.05, 4.69) is 27.0 Å². The van der Waals surface area contributed by atoms with Crippen LogP contribution in [0.1, 0.15) is 27.3 Å². The lowest BCUT2D eigenvalue weighted by molar-refractivity contribution is 0.0973. The number of ether oxygens (including phenoxy) is 1. The van der Waals surface area contributed by atoms with Gasteiger partial charge in [0.25, 0.3) is 0 Å². The van der Waals surface area contributed by atoms with E-state index in [0.717, 1.165) is 46.7 Å². The highest BCUT2D eigenvalue weighted by Crippen LogP contribution is 2.23. The molecule has 2 aromatic carbocycles. The number of rotatable bonds is 10. The Balaban J connectivity index is 1.54. The van der Waals surface area contributed by atoms with Crippen molar-refractivity contribution in [2.75, 3.05) is 25.6 Å². The molecule has 0 atom stereocenters. The Morgan fingerprint density at radius 1 is 1.09 bits per heavy atom. The largest absolute Gasteiger partial charge is 0.497 e. The third-order valence-electron chi connectivity index (χ3n) is 6.01. The van der Waals surface area contributed by atoms with Crippen molar-refractivity contribution in [2.24, 2.45) is 0 Å². The first-order valence-corrected chi connectivity index (χ1v) is 11.1. The minimum Gasteiger partial charge on any atom is -0.497 e. The van der Waals surface area contributed by atoms with Crippen molar-refractivity contribution in [3.8, 4) is 5.75 Å². The molecule has 4 aromatic rings. The maximum atomic E-state index is 13.4. The molecule has 0 unspecified atom stereocenters. The lowest BCUT2D eigenvalue weighted by atomic mass is 10.1. The van der Waals surface area contributed by atoms with Crippen molar-refractivity contribution >= 4 is 22.8 Å². The second-order valence-corrected chi connectivity index (χ2v) is 8.12. The number of aromatic nitrogens is 3. The average Bonchev–Trinajstić information content (AvgIpc) is 3.32. The summed E-state index contributed by atoms with van der Waals surface area (Å²) < 4.78 is 9.32. The fraction of sp³-hybridized carbons (Fsp3) is 0.308. The van der Waals surface area contributed by atoms with E-state index in [9.17, 15) is 9.90 Å². The number of anilines is 1. The average molecular weight is 447 g/mol. The number of hydrogen-bond donors (Lipinski definition) is 2. The van der Waals surface area contributed by atoms with Crippen molar-refractivity contribution in [1.82, 2.24) is 14.1 Å². The number of aryl methyl sites for hydroxylation is 2. The molecule has 4 rings (SSSR count). The molecule has 2 heterocycles. The highest BCUT2D eigenvalue weighted by atomic mass is 16.5. The first-order chi connectivity index (χ1) is 16.0. The summed E-state index contributed by atoms with van der Waals surface area (Å²) in [5.41, 5.74) is 5.70. The van der Waals surface area contributed by atoms with Gasteiger partial charge >= 0.3 is 0 Å². The van der Waals surface area contributed by atoms with E-state index in [-0.39, 0.29) is 18.9 Å². The number of aliphatic hydroxyl groups excluding tert-OH is 1. The van der Waals surface area contributed by atoms with Gasteiger partial charge in [-0.15, -0.1) is 0 Å². The summed E-state index contributed by atoms with van der Waals surface area (Å²) in [5, 5.41) is 12.3. The lowest BCUT2D eigenvalue weighted by Crippen LogP contribution is -2.16. The minimum atomic E-state index is -0.00744. The van der Waals surface area contributed by atoms with Crippen LogP contribution in [-0.2, 0) is 19.5 Å². The summed E-state index contributed by atoms with van der Waals surface area (Å²) in [7, 11) is 1.67. The molecule has 0 saturated heterocycles. The number of fused-ring (bicyclic) bond motifs is 1. The molecule has 0 fully saturated rings. The number of Topliss-reactive ketones (excluding diaryl/α,β-unsaturated/α-hetero) is 1. The molecular formula is C26H30N4O3. The summed E-state index contributed by atoms with van der Waals surface area (Å²) in [6.45, 7) is 5.39. The van der Waals surface area contributed by atoms with E-state index >= 15 is 0 Å². The number of aliphatic hydroxyl groups is 1. The summed E-state index contributed by atoms with van der Waals surface area (Å²) >= 11 is 0. The molecular weight excluding hydrogens is 416 g/mol. The number of nitrogens with zero attached hydrogens (tertiary/aromatic N) is 3. The van der Waals surface area contributed by atoms with Crippen molar-refractivity contribution in [3.63, 3.8) is 0 Å². The normalized spacial score (nSPS) is 11.2. The molecule has 0 aliphatic rings. The summed E-state index contributed by atoms with van der Waals surface area (Å²) in [4.78, 5) is 18.0. The number of methoxy groups -OCH3 is 1. The number of benzene rings is 2. The van der Waals surface area contributed by atoms with E-state index in [1.54, 1.807) is 7.11 Å². The number of carbonyl (C=O) groups is 1. The van der Waals surface area contributed by atoms with Crippen molar-refractivity contribution in [2.45, 2.75) is 33.4 Å². The van der Waals surface area contributed by atoms with Gasteiger partial charge in [0.2, 0.25) is 5.95 Å². The van der Waals surface area contributed by atoms with Gasteiger partial charge in [-0.25, -0.2) is 4.98 Å². The van der Waals surface area contributed by atoms with Crippen LogP contribution in [0.25, 0.3) is 11.0 Å². The first-order valence-electron chi connectivity index (χ1n) is 11.1. The fourth-order valence-corrected chi connectivity index (χ4v) is 4.23. The van der Waals surface area contributed by atoms with Crippen LogP contribution in [0.5, 0.6) is 5.75 Å². The highest BCUT2D eigenvalue weighted by molar-refractivity contribution is 5.98. The number of imidazole rings is 1. The van der Waals surface area contributed by atoms with Crippen molar-refractivity contribution in [1.29, 1.82) is 0 Å². The second kappa shape index (κ2) is 9.92. The molecule has 0 aliphatic heterocycles. The van der Waals surface area contributed by atoms with Crippen molar-refractivity contribution in [3.05, 3.63) is 77.1 Å². The van der Waals surface area contributed by atoms with Crippen molar-refractivity contribution < 1.29 is 14.6 Å². The third-order valence-corrected chi connectivity index (χ3v) is 6.01. The zero-order valence-corrected chi connectivity index (χ0v) is 19.3. The maximum absolute atomic E-state index is 13.4.